The van der Waals surface area contributed by atoms with Crippen LogP contribution in [0, 0.1) is 17.3 Å². The number of rotatable bonds is 5. The molecule has 134 valence electrons. The lowest BCUT2D eigenvalue weighted by molar-refractivity contribution is 0.186. The summed E-state index contributed by atoms with van der Waals surface area (Å²) in [6.45, 7) is 7.07. The maximum atomic E-state index is 2.44. The highest BCUT2D eigenvalue weighted by Crippen LogP contribution is 2.43. The minimum atomic E-state index is 0.430. The Labute approximate surface area is 150 Å². The van der Waals surface area contributed by atoms with Crippen LogP contribution in [0.4, 0.5) is 0 Å². The normalized spacial score (nSPS) is 26.5. The summed E-state index contributed by atoms with van der Waals surface area (Å²) < 4.78 is 0. The van der Waals surface area contributed by atoms with Gasteiger partial charge in [0, 0.05) is 0 Å². The smallest absolute Gasteiger partial charge is 0.0162 e. The van der Waals surface area contributed by atoms with Gasteiger partial charge in [-0.3, -0.25) is 0 Å². The summed E-state index contributed by atoms with van der Waals surface area (Å²) in [6, 6.07) is 9.68. The van der Waals surface area contributed by atoms with Gasteiger partial charge in [-0.15, -0.1) is 0 Å². The minimum absolute atomic E-state index is 0.430. The summed E-state index contributed by atoms with van der Waals surface area (Å²) in [4.78, 5) is 0. The molecule has 3 rings (SSSR count). The van der Waals surface area contributed by atoms with Gasteiger partial charge in [-0.25, -0.2) is 0 Å². The van der Waals surface area contributed by atoms with Gasteiger partial charge in [-0.05, 0) is 66.4 Å². The Morgan fingerprint density at radius 1 is 0.792 bits per heavy atom. The molecule has 1 aromatic rings. The van der Waals surface area contributed by atoms with Crippen LogP contribution in [0.2, 0.25) is 0 Å². The predicted octanol–water partition coefficient (Wildman–Crippen LogP) is 7.52. The van der Waals surface area contributed by atoms with E-state index >= 15 is 0 Å². The van der Waals surface area contributed by atoms with Crippen LogP contribution in [-0.4, -0.2) is 0 Å². The van der Waals surface area contributed by atoms with Crippen molar-refractivity contribution in [2.75, 3.05) is 0 Å². The zero-order valence-corrected chi connectivity index (χ0v) is 16.3. The van der Waals surface area contributed by atoms with Crippen molar-refractivity contribution in [2.24, 2.45) is 17.3 Å². The largest absolute Gasteiger partial charge is 0.0649 e. The molecule has 0 saturated heterocycles. The Bertz CT molecular complexity index is 481. The molecule has 0 unspecified atom stereocenters. The van der Waals surface area contributed by atoms with Crippen molar-refractivity contribution in [1.82, 2.24) is 0 Å². The van der Waals surface area contributed by atoms with Crippen LogP contribution in [0.25, 0.3) is 0 Å². The van der Waals surface area contributed by atoms with E-state index in [1.807, 2.05) is 0 Å². The van der Waals surface area contributed by atoms with Crippen molar-refractivity contribution in [3.8, 4) is 0 Å². The van der Waals surface area contributed by atoms with Crippen LogP contribution in [0.15, 0.2) is 24.3 Å². The van der Waals surface area contributed by atoms with Gasteiger partial charge >= 0.3 is 0 Å². The molecule has 1 aromatic carbocycles. The predicted molar refractivity (Wildman–Crippen MR) is 105 cm³/mol. The van der Waals surface area contributed by atoms with E-state index in [-0.39, 0.29) is 0 Å². The molecule has 2 fully saturated rings. The van der Waals surface area contributed by atoms with Crippen LogP contribution in [0.5, 0.6) is 0 Å². The van der Waals surface area contributed by atoms with E-state index < -0.39 is 0 Å². The van der Waals surface area contributed by atoms with Gasteiger partial charge in [0.25, 0.3) is 0 Å². The molecule has 0 spiro atoms. The van der Waals surface area contributed by atoms with Gasteiger partial charge in [-0.1, -0.05) is 83.6 Å². The lowest BCUT2D eigenvalue weighted by Crippen LogP contribution is -2.23. The molecule has 0 aromatic heterocycles. The van der Waals surface area contributed by atoms with E-state index in [9.17, 15) is 0 Å². The maximum absolute atomic E-state index is 2.44. The fraction of sp³-hybridized carbons (Fsp3) is 0.750. The average molecular weight is 327 g/mol. The lowest BCUT2D eigenvalue weighted by atomic mass is 9.70. The molecule has 0 atom stereocenters. The van der Waals surface area contributed by atoms with Crippen LogP contribution in [0.3, 0.4) is 0 Å². The van der Waals surface area contributed by atoms with Crippen molar-refractivity contribution in [3.63, 3.8) is 0 Å². The van der Waals surface area contributed by atoms with E-state index in [4.69, 9.17) is 0 Å². The summed E-state index contributed by atoms with van der Waals surface area (Å²) in [5, 5.41) is 0. The second kappa shape index (κ2) is 8.07. The molecule has 0 amide bonds. The van der Waals surface area contributed by atoms with E-state index in [0.29, 0.717) is 5.41 Å². The molecule has 24 heavy (non-hydrogen) atoms. The van der Waals surface area contributed by atoms with Crippen molar-refractivity contribution < 1.29 is 0 Å². The molecule has 0 radical (unpaired) electrons. The van der Waals surface area contributed by atoms with Crippen molar-refractivity contribution >= 4 is 0 Å². The van der Waals surface area contributed by atoms with Gasteiger partial charge < -0.3 is 0 Å². The Kier molecular flexibility index (Phi) is 6.06. The van der Waals surface area contributed by atoms with Gasteiger partial charge in [0.2, 0.25) is 0 Å². The molecule has 0 aliphatic heterocycles. The summed E-state index contributed by atoms with van der Waals surface area (Å²) in [7, 11) is 0. The second-order valence-electron chi connectivity index (χ2n) is 9.45. The summed E-state index contributed by atoms with van der Waals surface area (Å²) in [5.41, 5.74) is 3.55. The van der Waals surface area contributed by atoms with Crippen LogP contribution in [-0.2, 0) is 6.42 Å². The third kappa shape index (κ3) is 4.64. The second-order valence-corrected chi connectivity index (χ2v) is 9.45. The molecule has 0 heterocycles. The van der Waals surface area contributed by atoms with Crippen molar-refractivity contribution in [2.45, 2.75) is 97.3 Å². The van der Waals surface area contributed by atoms with E-state index in [2.05, 4.69) is 45.0 Å². The molecule has 0 bridgehead atoms. The Balaban J connectivity index is 1.52. The molecule has 0 nitrogen and oxygen atoms in total. The third-order valence-corrected chi connectivity index (χ3v) is 7.18. The maximum Gasteiger partial charge on any atom is -0.0162 e. The van der Waals surface area contributed by atoms with Crippen LogP contribution >= 0.6 is 0 Å². The molecule has 2 aliphatic rings. The van der Waals surface area contributed by atoms with E-state index in [1.165, 1.54) is 76.2 Å². The monoisotopic (exact) mass is 326 g/mol. The lowest BCUT2D eigenvalue weighted by Gasteiger charge is -2.36. The SMILES string of the molecule is CCC(C)(C)Cc1ccc(C2CCC(C3CCCCC3)CC2)cc1. The number of benzene rings is 1. The zero-order chi connectivity index (χ0) is 17.0. The van der Waals surface area contributed by atoms with Crippen LogP contribution < -0.4 is 0 Å². The highest BCUT2D eigenvalue weighted by atomic mass is 14.3. The van der Waals surface area contributed by atoms with E-state index in [1.54, 1.807) is 5.56 Å². The highest BCUT2D eigenvalue weighted by Gasteiger charge is 2.29. The molecular weight excluding hydrogens is 288 g/mol. The standard InChI is InChI=1S/C24H38/c1-4-24(2,3)18-19-10-12-21(13-11-19)23-16-14-22(15-17-23)20-8-6-5-7-9-20/h10-13,20,22-23H,4-9,14-18H2,1-3H3. The Morgan fingerprint density at radius 3 is 1.96 bits per heavy atom. The fourth-order valence-electron chi connectivity index (χ4n) is 5.11. The van der Waals surface area contributed by atoms with E-state index in [0.717, 1.165) is 17.8 Å². The first-order valence-corrected chi connectivity index (χ1v) is 10.7. The van der Waals surface area contributed by atoms with Crippen molar-refractivity contribution in [3.05, 3.63) is 35.4 Å². The number of hydrogen-bond acceptors (Lipinski definition) is 0. The molecule has 2 saturated carbocycles. The molecular formula is C24H38. The topological polar surface area (TPSA) is 0 Å². The first-order chi connectivity index (χ1) is 11.6. The minimum Gasteiger partial charge on any atom is -0.0649 e. The fourth-order valence-corrected chi connectivity index (χ4v) is 5.11. The Morgan fingerprint density at radius 2 is 1.38 bits per heavy atom. The van der Waals surface area contributed by atoms with Gasteiger partial charge in [0.1, 0.15) is 0 Å². The molecule has 2 aliphatic carbocycles. The Hall–Kier alpha value is -0.780. The summed E-state index contributed by atoms with van der Waals surface area (Å²) in [6.07, 6.45) is 15.8. The molecule has 0 heteroatoms. The first-order valence-electron chi connectivity index (χ1n) is 10.7. The number of hydrogen-bond donors (Lipinski definition) is 0. The first kappa shape index (κ1) is 18.0. The summed E-state index contributed by atoms with van der Waals surface area (Å²) >= 11 is 0. The third-order valence-electron chi connectivity index (χ3n) is 7.18. The summed E-state index contributed by atoms with van der Waals surface area (Å²) in [5.74, 6) is 2.95. The zero-order valence-electron chi connectivity index (χ0n) is 16.3. The van der Waals surface area contributed by atoms with Crippen LogP contribution in [0.1, 0.15) is 102 Å². The molecule has 0 N–H and O–H groups in total. The highest BCUT2D eigenvalue weighted by molar-refractivity contribution is 5.26. The van der Waals surface area contributed by atoms with Gasteiger partial charge in [0.15, 0.2) is 0 Å². The average Bonchev–Trinajstić information content (AvgIpc) is 2.63. The quantitative estimate of drug-likeness (QED) is 0.525. The van der Waals surface area contributed by atoms with Gasteiger partial charge in [0.05, 0.1) is 0 Å². The van der Waals surface area contributed by atoms with Gasteiger partial charge in [-0.2, -0.15) is 0 Å². The van der Waals surface area contributed by atoms with Crippen molar-refractivity contribution in [1.29, 1.82) is 0 Å².